The number of ether oxygens (including phenoxy) is 1. The van der Waals surface area contributed by atoms with Crippen molar-refractivity contribution in [3.63, 3.8) is 0 Å². The van der Waals surface area contributed by atoms with Gasteiger partial charge in [-0.25, -0.2) is 0 Å². The summed E-state index contributed by atoms with van der Waals surface area (Å²) in [7, 11) is 0. The molecule has 8 nitrogen and oxygen atoms in total. The fourth-order valence-corrected chi connectivity index (χ4v) is 4.91. The van der Waals surface area contributed by atoms with E-state index in [0.717, 1.165) is 52.8 Å². The summed E-state index contributed by atoms with van der Waals surface area (Å²) in [4.78, 5) is 9.24. The Morgan fingerprint density at radius 2 is 1.84 bits per heavy atom. The molecule has 31 heavy (non-hydrogen) atoms. The van der Waals surface area contributed by atoms with Crippen LogP contribution in [0.3, 0.4) is 0 Å². The molecule has 0 unspecified atom stereocenters. The van der Waals surface area contributed by atoms with Crippen molar-refractivity contribution in [2.24, 2.45) is 5.41 Å². The van der Waals surface area contributed by atoms with Gasteiger partial charge >= 0.3 is 0 Å². The second kappa shape index (κ2) is 6.55. The van der Waals surface area contributed by atoms with E-state index in [1.165, 1.54) is 6.08 Å². The third-order valence-electron chi connectivity index (χ3n) is 6.24. The number of anilines is 1. The smallest absolute Gasteiger partial charge is 0.235 e. The molecule has 2 heterocycles. The minimum absolute atomic E-state index is 0.0907. The van der Waals surface area contributed by atoms with Gasteiger partial charge in [0, 0.05) is 17.3 Å². The number of H-pyrrole nitrogens is 1. The van der Waals surface area contributed by atoms with Crippen LogP contribution in [0.2, 0.25) is 0 Å². The summed E-state index contributed by atoms with van der Waals surface area (Å²) < 4.78 is 6.32. The number of nitrogens with zero attached hydrogens (tertiary/aromatic N) is 5. The van der Waals surface area contributed by atoms with E-state index in [0.29, 0.717) is 17.5 Å². The van der Waals surface area contributed by atoms with Gasteiger partial charge in [-0.05, 0) is 74.9 Å². The highest BCUT2D eigenvalue weighted by Crippen LogP contribution is 2.67. The number of nitrogens with one attached hydrogen (secondary N) is 2. The van der Waals surface area contributed by atoms with Gasteiger partial charge in [0.1, 0.15) is 11.1 Å². The monoisotopic (exact) mass is 411 g/mol. The number of fused-ring (bicyclic) bond motifs is 1. The maximum Gasteiger partial charge on any atom is 0.235 e. The fourth-order valence-electron chi connectivity index (χ4n) is 4.91. The number of rotatable bonds is 5. The summed E-state index contributed by atoms with van der Waals surface area (Å²) in [6.45, 7) is 5.84. The van der Waals surface area contributed by atoms with E-state index >= 15 is 0 Å². The molecule has 8 heteroatoms. The van der Waals surface area contributed by atoms with E-state index in [4.69, 9.17) is 10.00 Å². The van der Waals surface area contributed by atoms with Crippen molar-refractivity contribution in [1.29, 1.82) is 10.5 Å². The molecule has 1 aromatic carbocycles. The lowest BCUT2D eigenvalue weighted by atomic mass is 9.40. The molecule has 154 valence electrons. The number of nitriles is 2. The number of allylic oxidation sites excluding steroid dienone is 1. The third kappa shape index (κ3) is 3.00. The zero-order valence-electron chi connectivity index (χ0n) is 17.6. The summed E-state index contributed by atoms with van der Waals surface area (Å²) in [6, 6.07) is 8.37. The van der Waals surface area contributed by atoms with E-state index in [1.54, 1.807) is 6.08 Å². The second-order valence-electron chi connectivity index (χ2n) is 8.78. The molecule has 2 aromatic heterocycles. The zero-order valence-corrected chi connectivity index (χ0v) is 17.6. The van der Waals surface area contributed by atoms with Crippen LogP contribution >= 0.6 is 0 Å². The van der Waals surface area contributed by atoms with Gasteiger partial charge in [0.2, 0.25) is 11.8 Å². The van der Waals surface area contributed by atoms with E-state index in [9.17, 15) is 5.26 Å². The standard InChI is InChI=1S/C23H21N7O/c1-13-7-16(5-4-6-24)8-14(2)18(13)31-20-17-15(3)29-30-19(17)26-21(27-20)28-23-9-22(10-23,11-23)12-25/h4-5,7-8H,9-11H2,1-3H3,(H2,26,27,28,29,30)/b5-4+. The Morgan fingerprint density at radius 3 is 2.48 bits per heavy atom. The minimum Gasteiger partial charge on any atom is -0.437 e. The highest BCUT2D eigenvalue weighted by Gasteiger charge is 2.69. The lowest BCUT2D eigenvalue weighted by molar-refractivity contribution is -0.0665. The Balaban J connectivity index is 1.50. The molecular formula is C23H21N7O. The molecule has 0 amide bonds. The molecule has 3 aliphatic rings. The molecule has 3 saturated carbocycles. The van der Waals surface area contributed by atoms with Crippen molar-refractivity contribution < 1.29 is 4.74 Å². The Bertz CT molecular complexity index is 1300. The van der Waals surface area contributed by atoms with Crippen molar-refractivity contribution in [3.8, 4) is 23.8 Å². The molecule has 6 rings (SSSR count). The van der Waals surface area contributed by atoms with Crippen molar-refractivity contribution in [1.82, 2.24) is 20.2 Å². The Morgan fingerprint density at radius 1 is 1.13 bits per heavy atom. The molecule has 3 aromatic rings. The van der Waals surface area contributed by atoms with Gasteiger partial charge in [0.25, 0.3) is 0 Å². The van der Waals surface area contributed by atoms with Gasteiger partial charge in [-0.3, -0.25) is 5.10 Å². The normalized spacial score (nSPS) is 23.6. The van der Waals surface area contributed by atoms with Crippen molar-refractivity contribution in [2.75, 3.05) is 5.32 Å². The van der Waals surface area contributed by atoms with Crippen LogP contribution in [0.15, 0.2) is 18.2 Å². The molecule has 0 radical (unpaired) electrons. The highest BCUT2D eigenvalue weighted by atomic mass is 16.5. The highest BCUT2D eigenvalue weighted by molar-refractivity contribution is 5.84. The van der Waals surface area contributed by atoms with Gasteiger partial charge in [-0.1, -0.05) is 0 Å². The van der Waals surface area contributed by atoms with Crippen LogP contribution in [-0.2, 0) is 0 Å². The number of aromatic amines is 1. The van der Waals surface area contributed by atoms with E-state index in [2.05, 4.69) is 31.6 Å². The van der Waals surface area contributed by atoms with Crippen molar-refractivity contribution in [2.45, 2.75) is 45.6 Å². The predicted molar refractivity (Wildman–Crippen MR) is 115 cm³/mol. The second-order valence-corrected chi connectivity index (χ2v) is 8.78. The molecule has 0 atom stereocenters. The number of benzene rings is 1. The van der Waals surface area contributed by atoms with Gasteiger partial charge in [0.15, 0.2) is 5.65 Å². The summed E-state index contributed by atoms with van der Waals surface area (Å²) in [5, 5.41) is 29.5. The molecule has 3 aliphatic carbocycles. The summed E-state index contributed by atoms with van der Waals surface area (Å²) in [6.07, 6.45) is 5.69. The number of aromatic nitrogens is 4. The van der Waals surface area contributed by atoms with Gasteiger partial charge < -0.3 is 10.1 Å². The van der Waals surface area contributed by atoms with Crippen molar-refractivity contribution in [3.05, 3.63) is 40.6 Å². The quantitative estimate of drug-likeness (QED) is 0.594. The fraction of sp³-hybridized carbons (Fsp3) is 0.348. The minimum atomic E-state index is -0.157. The SMILES string of the molecule is Cc1cc(/C=C/C#N)cc(C)c1Oc1nc(NC23CC(C#N)(C2)C3)nc2n[nH]c(C)c12. The van der Waals surface area contributed by atoms with Crippen LogP contribution < -0.4 is 10.1 Å². The van der Waals surface area contributed by atoms with Gasteiger partial charge in [-0.15, -0.1) is 0 Å². The average molecular weight is 411 g/mol. The summed E-state index contributed by atoms with van der Waals surface area (Å²) >= 11 is 0. The van der Waals surface area contributed by atoms with E-state index in [-0.39, 0.29) is 11.0 Å². The zero-order chi connectivity index (χ0) is 21.8. The Labute approximate surface area is 179 Å². The topological polar surface area (TPSA) is 123 Å². The third-order valence-corrected chi connectivity index (χ3v) is 6.24. The van der Waals surface area contributed by atoms with Crippen LogP contribution in [0.1, 0.15) is 41.6 Å². The molecule has 0 spiro atoms. The van der Waals surface area contributed by atoms with Crippen molar-refractivity contribution >= 4 is 23.1 Å². The van der Waals surface area contributed by atoms with Gasteiger partial charge in [-0.2, -0.15) is 25.6 Å². The maximum absolute atomic E-state index is 9.27. The first-order chi connectivity index (χ1) is 14.9. The Hall–Kier alpha value is -3.91. The number of aryl methyl sites for hydroxylation is 3. The predicted octanol–water partition coefficient (Wildman–Crippen LogP) is 4.47. The van der Waals surface area contributed by atoms with Crippen LogP contribution in [0.4, 0.5) is 5.95 Å². The summed E-state index contributed by atoms with van der Waals surface area (Å²) in [5.41, 5.74) is 3.94. The molecular weight excluding hydrogens is 390 g/mol. The molecule has 0 aliphatic heterocycles. The lowest BCUT2D eigenvalue weighted by Gasteiger charge is -2.66. The lowest BCUT2D eigenvalue weighted by Crippen LogP contribution is -2.70. The number of hydrogen-bond acceptors (Lipinski definition) is 7. The number of hydrogen-bond donors (Lipinski definition) is 2. The first-order valence-corrected chi connectivity index (χ1v) is 10.1. The van der Waals surface area contributed by atoms with E-state index < -0.39 is 0 Å². The van der Waals surface area contributed by atoms with E-state index in [1.807, 2.05) is 39.0 Å². The van der Waals surface area contributed by atoms with Gasteiger partial charge in [0.05, 0.1) is 17.6 Å². The average Bonchev–Trinajstić information content (AvgIpc) is 3.05. The van der Waals surface area contributed by atoms with Crippen LogP contribution in [0.5, 0.6) is 11.6 Å². The molecule has 2 bridgehead atoms. The van der Waals surface area contributed by atoms with Crippen LogP contribution in [-0.4, -0.2) is 25.7 Å². The van der Waals surface area contributed by atoms with Crippen LogP contribution in [0, 0.1) is 48.8 Å². The largest absolute Gasteiger partial charge is 0.437 e. The van der Waals surface area contributed by atoms with Crippen LogP contribution in [0.25, 0.3) is 17.1 Å². The Kier molecular flexibility index (Phi) is 4.03. The first-order valence-electron chi connectivity index (χ1n) is 10.1. The molecule has 3 fully saturated rings. The first kappa shape index (κ1) is 19.1. The molecule has 0 saturated heterocycles. The summed E-state index contributed by atoms with van der Waals surface area (Å²) in [5.74, 6) is 1.62. The molecule has 2 N–H and O–H groups in total. The maximum atomic E-state index is 9.27.